The van der Waals surface area contributed by atoms with E-state index < -0.39 is 17.6 Å². The molecule has 2 heterocycles. The summed E-state index contributed by atoms with van der Waals surface area (Å²) in [7, 11) is 0. The second-order valence-corrected chi connectivity index (χ2v) is 7.16. The lowest BCUT2D eigenvalue weighted by molar-refractivity contribution is -0.161. The van der Waals surface area contributed by atoms with Crippen molar-refractivity contribution in [1.82, 2.24) is 5.16 Å². The molecule has 26 heavy (non-hydrogen) atoms. The maximum atomic E-state index is 13.1. The second-order valence-electron chi connectivity index (χ2n) is 5.99. The third-order valence-corrected chi connectivity index (χ3v) is 5.28. The number of fused-ring (bicyclic) bond motifs is 1. The first-order valence-corrected chi connectivity index (χ1v) is 8.66. The van der Waals surface area contributed by atoms with Crippen LogP contribution in [0.4, 0.5) is 29.5 Å². The largest absolute Gasteiger partial charge is 0.462 e. The van der Waals surface area contributed by atoms with Crippen molar-refractivity contribution < 1.29 is 26.9 Å². The number of carbonyl (C=O) groups is 1. The number of amides is 2. The van der Waals surface area contributed by atoms with Gasteiger partial charge in [0.25, 0.3) is 0 Å². The first-order valence-electron chi connectivity index (χ1n) is 7.58. The molecule has 0 spiro atoms. The molecule has 1 aliphatic rings. The number of hydrogen-bond donors (Lipinski definition) is 2. The Morgan fingerprint density at radius 3 is 2.69 bits per heavy atom. The van der Waals surface area contributed by atoms with E-state index in [2.05, 4.69) is 38.4 Å². The summed E-state index contributed by atoms with van der Waals surface area (Å²) in [5.74, 6) is -0.158. The minimum atomic E-state index is -4.39. The smallest absolute Gasteiger partial charge is 0.400 e. The normalized spacial score (nSPS) is 15.8. The van der Waals surface area contributed by atoms with Crippen molar-refractivity contribution in [2.75, 3.05) is 10.6 Å². The molecule has 10 heteroatoms. The third-order valence-electron chi connectivity index (χ3n) is 4.34. The van der Waals surface area contributed by atoms with Crippen molar-refractivity contribution >= 4 is 51.2 Å². The zero-order valence-corrected chi connectivity index (χ0v) is 15.1. The molecule has 3 aromatic rings. The van der Waals surface area contributed by atoms with Gasteiger partial charge in [-0.2, -0.15) is 13.2 Å². The van der Waals surface area contributed by atoms with Crippen LogP contribution < -0.4 is 10.6 Å². The average Bonchev–Trinajstić information content (AvgIpc) is 3.02. The van der Waals surface area contributed by atoms with E-state index in [0.717, 1.165) is 15.0 Å². The standard InChI is InChI=1S/C16H11F3IN3O3/c17-16(18,19)15(4-5-15)11-7-12(26-23-11)22-14(24)21-10-2-1-9(20)8-3-6-25-13(8)10/h1-3,6-7H,4-5H2,(H2,21,22,24). The Hall–Kier alpha value is -2.24. The van der Waals surface area contributed by atoms with Gasteiger partial charge < -0.3 is 14.3 Å². The molecular formula is C16H11F3IN3O3. The van der Waals surface area contributed by atoms with Gasteiger partial charge in [0.2, 0.25) is 5.88 Å². The van der Waals surface area contributed by atoms with Crippen molar-refractivity contribution in [3.63, 3.8) is 0 Å². The number of anilines is 2. The molecule has 0 aliphatic heterocycles. The number of rotatable bonds is 3. The topological polar surface area (TPSA) is 80.3 Å². The van der Waals surface area contributed by atoms with E-state index in [0.29, 0.717) is 11.3 Å². The van der Waals surface area contributed by atoms with E-state index >= 15 is 0 Å². The second kappa shape index (κ2) is 5.89. The van der Waals surface area contributed by atoms with Crippen LogP contribution in [0.5, 0.6) is 0 Å². The minimum Gasteiger partial charge on any atom is -0.462 e. The Morgan fingerprint density at radius 2 is 2.00 bits per heavy atom. The first kappa shape index (κ1) is 17.2. The molecule has 1 aromatic carbocycles. The predicted molar refractivity (Wildman–Crippen MR) is 95.0 cm³/mol. The highest BCUT2D eigenvalue weighted by Gasteiger charge is 2.66. The van der Waals surface area contributed by atoms with Gasteiger partial charge in [-0.05, 0) is 53.6 Å². The van der Waals surface area contributed by atoms with Crippen molar-refractivity contribution in [3.8, 4) is 0 Å². The van der Waals surface area contributed by atoms with E-state index in [9.17, 15) is 18.0 Å². The number of alkyl halides is 3. The summed E-state index contributed by atoms with van der Waals surface area (Å²) >= 11 is 2.14. The van der Waals surface area contributed by atoms with Crippen molar-refractivity contribution in [3.05, 3.63) is 39.8 Å². The minimum absolute atomic E-state index is 0.0339. The molecule has 136 valence electrons. The Bertz CT molecular complexity index is 991. The highest BCUT2D eigenvalue weighted by molar-refractivity contribution is 14.1. The number of aromatic nitrogens is 1. The monoisotopic (exact) mass is 477 g/mol. The van der Waals surface area contributed by atoms with Gasteiger partial charge in [0.05, 0.1) is 12.0 Å². The summed E-state index contributed by atoms with van der Waals surface area (Å²) in [6.07, 6.45) is -2.96. The van der Waals surface area contributed by atoms with Gasteiger partial charge in [-0.3, -0.25) is 5.32 Å². The van der Waals surface area contributed by atoms with Crippen LogP contribution in [-0.4, -0.2) is 17.4 Å². The maximum Gasteiger partial charge on any atom is 0.400 e. The van der Waals surface area contributed by atoms with Crippen LogP contribution in [0, 0.1) is 3.57 Å². The number of hydrogen-bond acceptors (Lipinski definition) is 4. The van der Waals surface area contributed by atoms with Crippen LogP contribution in [0.3, 0.4) is 0 Å². The van der Waals surface area contributed by atoms with Crippen molar-refractivity contribution in [2.45, 2.75) is 24.4 Å². The fraction of sp³-hybridized carbons (Fsp3) is 0.250. The molecule has 1 aliphatic carbocycles. The SMILES string of the molecule is O=C(Nc1cc(C2(C(F)(F)F)CC2)no1)Nc1ccc(I)c2ccoc12. The van der Waals surface area contributed by atoms with Crippen LogP contribution >= 0.6 is 22.6 Å². The lowest BCUT2D eigenvalue weighted by Gasteiger charge is -2.15. The van der Waals surface area contributed by atoms with E-state index in [1.54, 1.807) is 18.2 Å². The van der Waals surface area contributed by atoms with E-state index in [1.807, 2.05) is 0 Å². The summed E-state index contributed by atoms with van der Waals surface area (Å²) < 4.78 is 50.5. The van der Waals surface area contributed by atoms with Gasteiger partial charge in [-0.15, -0.1) is 0 Å². The molecule has 4 rings (SSSR count). The van der Waals surface area contributed by atoms with Gasteiger partial charge in [-0.1, -0.05) is 5.16 Å². The molecule has 0 unspecified atom stereocenters. The molecule has 0 radical (unpaired) electrons. The third kappa shape index (κ3) is 2.81. The molecule has 0 bridgehead atoms. The van der Waals surface area contributed by atoms with Crippen LogP contribution in [-0.2, 0) is 5.41 Å². The lowest BCUT2D eigenvalue weighted by atomic mass is 10.0. The molecule has 2 aromatic heterocycles. The molecule has 6 nitrogen and oxygen atoms in total. The van der Waals surface area contributed by atoms with Crippen molar-refractivity contribution in [2.24, 2.45) is 0 Å². The molecule has 1 fully saturated rings. The summed E-state index contributed by atoms with van der Waals surface area (Å²) in [5, 5.41) is 9.24. The zero-order chi connectivity index (χ0) is 18.5. The quantitative estimate of drug-likeness (QED) is 0.505. The first-order chi connectivity index (χ1) is 12.3. The fourth-order valence-electron chi connectivity index (χ4n) is 2.76. The van der Waals surface area contributed by atoms with Gasteiger partial charge in [-0.25, -0.2) is 4.79 Å². The number of carbonyl (C=O) groups excluding carboxylic acids is 1. The molecular weight excluding hydrogens is 466 g/mol. The molecule has 1 saturated carbocycles. The highest BCUT2D eigenvalue weighted by atomic mass is 127. The van der Waals surface area contributed by atoms with Gasteiger partial charge >= 0.3 is 12.2 Å². The van der Waals surface area contributed by atoms with Crippen LogP contribution in [0.25, 0.3) is 11.0 Å². The van der Waals surface area contributed by atoms with Gasteiger partial charge in [0.1, 0.15) is 11.1 Å². The molecule has 0 atom stereocenters. The Balaban J connectivity index is 1.49. The van der Waals surface area contributed by atoms with Gasteiger partial charge in [0.15, 0.2) is 5.58 Å². The number of urea groups is 1. The number of nitrogens with one attached hydrogen (secondary N) is 2. The number of halogens is 4. The van der Waals surface area contributed by atoms with Crippen LogP contribution in [0.15, 0.2) is 39.5 Å². The average molecular weight is 477 g/mol. The fourth-order valence-corrected chi connectivity index (χ4v) is 3.37. The maximum absolute atomic E-state index is 13.1. The predicted octanol–water partition coefficient (Wildman–Crippen LogP) is 5.26. The van der Waals surface area contributed by atoms with Crippen LogP contribution in [0.2, 0.25) is 0 Å². The lowest BCUT2D eigenvalue weighted by Crippen LogP contribution is -2.28. The van der Waals surface area contributed by atoms with E-state index in [4.69, 9.17) is 8.94 Å². The summed E-state index contributed by atoms with van der Waals surface area (Å²) in [6, 6.07) is 5.68. The highest BCUT2D eigenvalue weighted by Crippen LogP contribution is 2.58. The number of benzene rings is 1. The Morgan fingerprint density at radius 1 is 1.23 bits per heavy atom. The summed E-state index contributed by atoms with van der Waals surface area (Å²) in [6.45, 7) is 0. The molecule has 2 N–H and O–H groups in total. The Labute approximate surface area is 158 Å². The van der Waals surface area contributed by atoms with Gasteiger partial charge in [0, 0.05) is 15.0 Å². The zero-order valence-electron chi connectivity index (χ0n) is 13.0. The van der Waals surface area contributed by atoms with E-state index in [1.165, 1.54) is 6.26 Å². The Kier molecular flexibility index (Phi) is 3.90. The molecule has 2 amide bonds. The number of furan rings is 1. The summed E-state index contributed by atoms with van der Waals surface area (Å²) in [4.78, 5) is 12.1. The van der Waals surface area contributed by atoms with E-state index in [-0.39, 0.29) is 24.4 Å². The van der Waals surface area contributed by atoms with Crippen LogP contribution in [0.1, 0.15) is 18.5 Å². The van der Waals surface area contributed by atoms with Crippen molar-refractivity contribution in [1.29, 1.82) is 0 Å². The summed E-state index contributed by atoms with van der Waals surface area (Å²) in [5.41, 5.74) is -1.25. The molecule has 0 saturated heterocycles. The number of nitrogens with zero attached hydrogens (tertiary/aromatic N) is 1.